The van der Waals surface area contributed by atoms with Gasteiger partial charge in [-0.2, -0.15) is 0 Å². The van der Waals surface area contributed by atoms with Crippen molar-refractivity contribution in [2.45, 2.75) is 20.3 Å². The molecule has 4 nitrogen and oxygen atoms in total. The number of hydrogen-bond donors (Lipinski definition) is 2. The quantitative estimate of drug-likeness (QED) is 0.742. The summed E-state index contributed by atoms with van der Waals surface area (Å²) in [6, 6.07) is 7.66. The van der Waals surface area contributed by atoms with Crippen LogP contribution in [0, 0.1) is 0 Å². The number of amides is 1. The molecule has 0 aliphatic carbocycles. The van der Waals surface area contributed by atoms with Gasteiger partial charge in [-0.25, -0.2) is 0 Å². The number of likely N-dealkylation sites (N-methyl/N-ethyl adjacent to an activating group) is 1. The first-order valence-corrected chi connectivity index (χ1v) is 7.00. The summed E-state index contributed by atoms with van der Waals surface area (Å²) in [5, 5.41) is 2.96. The summed E-state index contributed by atoms with van der Waals surface area (Å²) >= 11 is 0. The largest absolute Gasteiger partial charge is 0.351 e. The lowest BCUT2D eigenvalue weighted by Crippen LogP contribution is -2.34. The Morgan fingerprint density at radius 1 is 1.32 bits per heavy atom. The van der Waals surface area contributed by atoms with Crippen LogP contribution in [0.25, 0.3) is 0 Å². The topological polar surface area (TPSA) is 58.4 Å². The van der Waals surface area contributed by atoms with Crippen LogP contribution in [0.15, 0.2) is 24.3 Å². The predicted molar refractivity (Wildman–Crippen MR) is 79.3 cm³/mol. The molecule has 0 bridgehead atoms. The summed E-state index contributed by atoms with van der Waals surface area (Å²) in [6.45, 7) is 8.45. The highest BCUT2D eigenvalue weighted by atomic mass is 16.1. The highest BCUT2D eigenvalue weighted by molar-refractivity contribution is 5.94. The Balaban J connectivity index is 2.46. The first kappa shape index (κ1) is 15.7. The number of nitrogens with one attached hydrogen (secondary N) is 1. The van der Waals surface area contributed by atoms with E-state index in [9.17, 15) is 4.79 Å². The Morgan fingerprint density at radius 3 is 2.68 bits per heavy atom. The van der Waals surface area contributed by atoms with Crippen LogP contribution in [-0.4, -0.2) is 43.5 Å². The molecule has 106 valence electrons. The average Bonchev–Trinajstić information content (AvgIpc) is 2.44. The number of nitrogens with zero attached hydrogens (tertiary/aromatic N) is 1. The number of benzene rings is 1. The maximum atomic E-state index is 12.0. The molecule has 0 radical (unpaired) electrons. The second kappa shape index (κ2) is 8.67. The third-order valence-electron chi connectivity index (χ3n) is 3.23. The van der Waals surface area contributed by atoms with E-state index in [0.29, 0.717) is 18.7 Å². The maximum absolute atomic E-state index is 12.0. The molecule has 19 heavy (non-hydrogen) atoms. The Morgan fingerprint density at radius 2 is 2.05 bits per heavy atom. The van der Waals surface area contributed by atoms with Crippen molar-refractivity contribution in [3.63, 3.8) is 0 Å². The number of hydrogen-bond acceptors (Lipinski definition) is 3. The predicted octanol–water partition coefficient (Wildman–Crippen LogP) is 1.26. The minimum Gasteiger partial charge on any atom is -0.351 e. The molecule has 1 rings (SSSR count). The third-order valence-corrected chi connectivity index (χ3v) is 3.23. The van der Waals surface area contributed by atoms with Gasteiger partial charge in [-0.3, -0.25) is 4.79 Å². The summed E-state index contributed by atoms with van der Waals surface area (Å²) < 4.78 is 0. The van der Waals surface area contributed by atoms with Gasteiger partial charge in [-0.1, -0.05) is 26.0 Å². The van der Waals surface area contributed by atoms with E-state index in [-0.39, 0.29) is 5.91 Å². The van der Waals surface area contributed by atoms with Gasteiger partial charge in [-0.05, 0) is 43.8 Å². The molecule has 0 aliphatic heterocycles. The van der Waals surface area contributed by atoms with E-state index >= 15 is 0 Å². The van der Waals surface area contributed by atoms with E-state index in [1.807, 2.05) is 24.3 Å². The molecule has 0 unspecified atom stereocenters. The molecule has 0 saturated heterocycles. The summed E-state index contributed by atoms with van der Waals surface area (Å²) in [4.78, 5) is 14.3. The maximum Gasteiger partial charge on any atom is 0.251 e. The van der Waals surface area contributed by atoms with Gasteiger partial charge in [0, 0.05) is 18.7 Å². The molecule has 0 heterocycles. The minimum absolute atomic E-state index is 0.00831. The van der Waals surface area contributed by atoms with Gasteiger partial charge >= 0.3 is 0 Å². The standard InChI is InChI=1S/C15H25N3O/c1-3-18(4-2)11-10-17-15(19)14-7-5-6-13(12-14)8-9-16/h5-7,12H,3-4,8-11,16H2,1-2H3,(H,17,19). The fourth-order valence-electron chi connectivity index (χ4n) is 2.00. The lowest BCUT2D eigenvalue weighted by atomic mass is 10.1. The zero-order valence-electron chi connectivity index (χ0n) is 12.0. The van der Waals surface area contributed by atoms with Crippen molar-refractivity contribution in [1.29, 1.82) is 0 Å². The van der Waals surface area contributed by atoms with Crippen molar-refractivity contribution in [2.24, 2.45) is 5.73 Å². The van der Waals surface area contributed by atoms with Crippen LogP contribution in [-0.2, 0) is 6.42 Å². The SMILES string of the molecule is CCN(CC)CCNC(=O)c1cccc(CCN)c1. The van der Waals surface area contributed by atoms with Crippen LogP contribution in [0.4, 0.5) is 0 Å². The Hall–Kier alpha value is -1.39. The molecule has 4 heteroatoms. The number of nitrogens with two attached hydrogens (primary N) is 1. The Bertz CT molecular complexity index is 389. The lowest BCUT2D eigenvalue weighted by molar-refractivity contribution is 0.0949. The van der Waals surface area contributed by atoms with Crippen LogP contribution in [0.2, 0.25) is 0 Å². The molecule has 0 aromatic heterocycles. The summed E-state index contributed by atoms with van der Waals surface area (Å²) in [5.74, 6) is -0.00831. The van der Waals surface area contributed by atoms with Crippen LogP contribution < -0.4 is 11.1 Å². The van der Waals surface area contributed by atoms with Gasteiger partial charge in [0.15, 0.2) is 0 Å². The lowest BCUT2D eigenvalue weighted by Gasteiger charge is -2.18. The van der Waals surface area contributed by atoms with Gasteiger partial charge in [0.1, 0.15) is 0 Å². The van der Waals surface area contributed by atoms with Gasteiger partial charge in [0.25, 0.3) is 5.91 Å². The fraction of sp³-hybridized carbons (Fsp3) is 0.533. The summed E-state index contributed by atoms with van der Waals surface area (Å²) in [7, 11) is 0. The molecule has 0 atom stereocenters. The van der Waals surface area contributed by atoms with Crippen LogP contribution in [0.5, 0.6) is 0 Å². The van der Waals surface area contributed by atoms with Crippen LogP contribution in [0.3, 0.4) is 0 Å². The molecule has 0 aliphatic rings. The normalized spacial score (nSPS) is 10.7. The smallest absolute Gasteiger partial charge is 0.251 e. The van der Waals surface area contributed by atoms with Crippen molar-refractivity contribution >= 4 is 5.91 Å². The molecule has 3 N–H and O–H groups in total. The van der Waals surface area contributed by atoms with Crippen molar-refractivity contribution < 1.29 is 4.79 Å². The van der Waals surface area contributed by atoms with E-state index in [0.717, 1.165) is 31.6 Å². The Kier molecular flexibility index (Phi) is 7.15. The van der Waals surface area contributed by atoms with E-state index in [1.165, 1.54) is 0 Å². The van der Waals surface area contributed by atoms with E-state index in [2.05, 4.69) is 24.1 Å². The van der Waals surface area contributed by atoms with Crippen molar-refractivity contribution in [2.75, 3.05) is 32.7 Å². The average molecular weight is 263 g/mol. The minimum atomic E-state index is -0.00831. The molecule has 0 spiro atoms. The zero-order valence-corrected chi connectivity index (χ0v) is 12.0. The van der Waals surface area contributed by atoms with Crippen LogP contribution in [0.1, 0.15) is 29.8 Å². The van der Waals surface area contributed by atoms with Gasteiger partial charge in [-0.15, -0.1) is 0 Å². The fourth-order valence-corrected chi connectivity index (χ4v) is 2.00. The Labute approximate surface area is 116 Å². The first-order chi connectivity index (χ1) is 9.21. The van der Waals surface area contributed by atoms with Gasteiger partial charge < -0.3 is 16.0 Å². The first-order valence-electron chi connectivity index (χ1n) is 7.00. The van der Waals surface area contributed by atoms with E-state index < -0.39 is 0 Å². The summed E-state index contributed by atoms with van der Waals surface area (Å²) in [6.07, 6.45) is 0.806. The van der Waals surface area contributed by atoms with E-state index in [4.69, 9.17) is 5.73 Å². The molecule has 0 saturated carbocycles. The second-order valence-electron chi connectivity index (χ2n) is 4.52. The zero-order chi connectivity index (χ0) is 14.1. The molecule has 1 aromatic rings. The number of carbonyl (C=O) groups is 1. The van der Waals surface area contributed by atoms with Crippen LogP contribution >= 0.6 is 0 Å². The highest BCUT2D eigenvalue weighted by Crippen LogP contribution is 2.05. The van der Waals surface area contributed by atoms with Crippen molar-refractivity contribution in [3.8, 4) is 0 Å². The molecular weight excluding hydrogens is 238 g/mol. The highest BCUT2D eigenvalue weighted by Gasteiger charge is 2.06. The van der Waals surface area contributed by atoms with Crippen molar-refractivity contribution in [3.05, 3.63) is 35.4 Å². The number of carbonyl (C=O) groups excluding carboxylic acids is 1. The second-order valence-corrected chi connectivity index (χ2v) is 4.52. The van der Waals surface area contributed by atoms with E-state index in [1.54, 1.807) is 0 Å². The van der Waals surface area contributed by atoms with Gasteiger partial charge in [0.05, 0.1) is 0 Å². The monoisotopic (exact) mass is 263 g/mol. The van der Waals surface area contributed by atoms with Crippen molar-refractivity contribution in [1.82, 2.24) is 10.2 Å². The number of rotatable bonds is 8. The third kappa shape index (κ3) is 5.41. The molecule has 0 fully saturated rings. The molecular formula is C15H25N3O. The summed E-state index contributed by atoms with van der Waals surface area (Å²) in [5.41, 5.74) is 7.35. The van der Waals surface area contributed by atoms with Gasteiger partial charge in [0.2, 0.25) is 0 Å². The molecule has 1 amide bonds. The molecule has 1 aromatic carbocycles.